The van der Waals surface area contributed by atoms with Gasteiger partial charge in [0, 0.05) is 24.6 Å². The fourth-order valence-corrected chi connectivity index (χ4v) is 3.12. The number of aromatic nitrogens is 1. The van der Waals surface area contributed by atoms with Gasteiger partial charge in [-0.05, 0) is 18.6 Å². The Morgan fingerprint density at radius 2 is 2.38 bits per heavy atom. The van der Waals surface area contributed by atoms with Crippen molar-refractivity contribution < 1.29 is 14.3 Å². The Bertz CT molecular complexity index is 498. The predicted octanol–water partition coefficient (Wildman–Crippen LogP) is 1.73. The highest BCUT2D eigenvalue weighted by molar-refractivity contribution is 5.79. The molecule has 1 unspecified atom stereocenters. The van der Waals surface area contributed by atoms with Crippen molar-refractivity contribution in [2.75, 3.05) is 26.3 Å². The molecule has 114 valence electrons. The van der Waals surface area contributed by atoms with E-state index in [9.17, 15) is 4.79 Å². The third kappa shape index (κ3) is 2.75. The molecule has 0 bridgehead atoms. The standard InChI is InChI=1S/C16H22N2O3/c1-12(2)15(19)18-10-16(11-18)13(5-7-21-16)9-20-14-4-3-6-17-8-14/h3-4,6,8,12-13H,5,7,9-11H2,1-2H3. The second-order valence-electron chi connectivity index (χ2n) is 6.25. The second-order valence-corrected chi connectivity index (χ2v) is 6.25. The number of likely N-dealkylation sites (tertiary alicyclic amines) is 1. The molecule has 0 radical (unpaired) electrons. The lowest BCUT2D eigenvalue weighted by atomic mass is 9.80. The van der Waals surface area contributed by atoms with Gasteiger partial charge in [-0.25, -0.2) is 0 Å². The van der Waals surface area contributed by atoms with Crippen molar-refractivity contribution in [3.63, 3.8) is 0 Å². The van der Waals surface area contributed by atoms with E-state index in [0.717, 1.165) is 18.8 Å². The molecule has 1 amide bonds. The number of pyridine rings is 1. The summed E-state index contributed by atoms with van der Waals surface area (Å²) in [6.45, 7) is 6.65. The third-order valence-corrected chi connectivity index (χ3v) is 4.41. The zero-order valence-corrected chi connectivity index (χ0v) is 12.6. The summed E-state index contributed by atoms with van der Waals surface area (Å²) in [6.07, 6.45) is 4.44. The Morgan fingerprint density at radius 1 is 1.57 bits per heavy atom. The SMILES string of the molecule is CC(C)C(=O)N1CC2(C1)OCCC2COc1cccnc1. The van der Waals surface area contributed by atoms with Crippen molar-refractivity contribution in [1.82, 2.24) is 9.88 Å². The number of nitrogens with zero attached hydrogens (tertiary/aromatic N) is 2. The number of rotatable bonds is 4. The van der Waals surface area contributed by atoms with Gasteiger partial charge in [-0.3, -0.25) is 9.78 Å². The fraction of sp³-hybridized carbons (Fsp3) is 0.625. The number of ether oxygens (including phenoxy) is 2. The summed E-state index contributed by atoms with van der Waals surface area (Å²) in [6, 6.07) is 3.77. The lowest BCUT2D eigenvalue weighted by molar-refractivity contribution is -0.169. The second kappa shape index (κ2) is 5.64. The van der Waals surface area contributed by atoms with Crippen LogP contribution in [0.25, 0.3) is 0 Å². The molecule has 3 rings (SSSR count). The molecule has 1 atom stereocenters. The fourth-order valence-electron chi connectivity index (χ4n) is 3.12. The summed E-state index contributed by atoms with van der Waals surface area (Å²) in [5.41, 5.74) is -0.188. The van der Waals surface area contributed by atoms with Crippen LogP contribution in [0.2, 0.25) is 0 Å². The molecule has 1 aromatic heterocycles. The van der Waals surface area contributed by atoms with E-state index in [-0.39, 0.29) is 17.4 Å². The highest BCUT2D eigenvalue weighted by atomic mass is 16.5. The van der Waals surface area contributed by atoms with Crippen LogP contribution in [0.4, 0.5) is 0 Å². The van der Waals surface area contributed by atoms with Gasteiger partial charge in [-0.2, -0.15) is 0 Å². The Kier molecular flexibility index (Phi) is 3.85. The van der Waals surface area contributed by atoms with E-state index in [2.05, 4.69) is 4.98 Å². The molecule has 2 fully saturated rings. The molecule has 2 saturated heterocycles. The van der Waals surface area contributed by atoms with Crippen molar-refractivity contribution in [2.24, 2.45) is 11.8 Å². The maximum atomic E-state index is 12.0. The van der Waals surface area contributed by atoms with E-state index >= 15 is 0 Å². The normalized spacial score (nSPS) is 23.4. The smallest absolute Gasteiger partial charge is 0.225 e. The molecule has 21 heavy (non-hydrogen) atoms. The summed E-state index contributed by atoms with van der Waals surface area (Å²) >= 11 is 0. The van der Waals surface area contributed by atoms with Gasteiger partial charge >= 0.3 is 0 Å². The Labute approximate surface area is 125 Å². The maximum Gasteiger partial charge on any atom is 0.225 e. The first kappa shape index (κ1) is 14.3. The minimum atomic E-state index is -0.188. The van der Waals surface area contributed by atoms with Crippen LogP contribution < -0.4 is 4.74 Å². The summed E-state index contributed by atoms with van der Waals surface area (Å²) in [7, 11) is 0. The molecule has 1 aromatic rings. The Balaban J connectivity index is 1.56. The first-order valence-electron chi connectivity index (χ1n) is 7.56. The minimum absolute atomic E-state index is 0.0499. The summed E-state index contributed by atoms with van der Waals surface area (Å²) < 4.78 is 11.8. The molecular formula is C16H22N2O3. The molecule has 1 spiro atoms. The molecule has 5 heteroatoms. The van der Waals surface area contributed by atoms with Gasteiger partial charge in [0.1, 0.15) is 11.4 Å². The highest BCUT2D eigenvalue weighted by Crippen LogP contribution is 2.40. The number of hydrogen-bond acceptors (Lipinski definition) is 4. The summed E-state index contributed by atoms with van der Waals surface area (Å²) in [5.74, 6) is 1.39. The lowest BCUT2D eigenvalue weighted by Crippen LogP contribution is -2.67. The molecule has 0 N–H and O–H groups in total. The molecule has 3 heterocycles. The van der Waals surface area contributed by atoms with E-state index in [4.69, 9.17) is 9.47 Å². The molecule has 2 aliphatic rings. The van der Waals surface area contributed by atoms with Gasteiger partial charge in [0.25, 0.3) is 0 Å². The van der Waals surface area contributed by atoms with Crippen LogP contribution in [-0.2, 0) is 9.53 Å². The van der Waals surface area contributed by atoms with E-state index in [1.54, 1.807) is 12.4 Å². The highest BCUT2D eigenvalue weighted by Gasteiger charge is 2.54. The monoisotopic (exact) mass is 290 g/mol. The zero-order chi connectivity index (χ0) is 14.9. The van der Waals surface area contributed by atoms with Crippen LogP contribution in [0.15, 0.2) is 24.5 Å². The molecule has 5 nitrogen and oxygen atoms in total. The average molecular weight is 290 g/mol. The first-order chi connectivity index (χ1) is 10.1. The topological polar surface area (TPSA) is 51.7 Å². The third-order valence-electron chi connectivity index (χ3n) is 4.41. The number of hydrogen-bond donors (Lipinski definition) is 0. The van der Waals surface area contributed by atoms with Gasteiger partial charge < -0.3 is 14.4 Å². The van der Waals surface area contributed by atoms with Crippen molar-refractivity contribution >= 4 is 5.91 Å². The quantitative estimate of drug-likeness (QED) is 0.847. The van der Waals surface area contributed by atoms with Crippen molar-refractivity contribution in [1.29, 1.82) is 0 Å². The average Bonchev–Trinajstić information content (AvgIpc) is 2.87. The first-order valence-corrected chi connectivity index (χ1v) is 7.56. The number of carbonyl (C=O) groups excluding carboxylic acids is 1. The minimum Gasteiger partial charge on any atom is -0.492 e. The van der Waals surface area contributed by atoms with Crippen LogP contribution in [0, 0.1) is 11.8 Å². The predicted molar refractivity (Wildman–Crippen MR) is 77.9 cm³/mol. The van der Waals surface area contributed by atoms with Crippen LogP contribution in [0.1, 0.15) is 20.3 Å². The van der Waals surface area contributed by atoms with E-state index in [0.29, 0.717) is 25.6 Å². The van der Waals surface area contributed by atoms with Gasteiger partial charge in [0.15, 0.2) is 0 Å². The molecule has 0 aliphatic carbocycles. The van der Waals surface area contributed by atoms with E-state index < -0.39 is 0 Å². The molecular weight excluding hydrogens is 268 g/mol. The number of carbonyl (C=O) groups is 1. The lowest BCUT2D eigenvalue weighted by Gasteiger charge is -2.50. The van der Waals surface area contributed by atoms with Crippen LogP contribution in [0.3, 0.4) is 0 Å². The number of amides is 1. The summed E-state index contributed by atoms with van der Waals surface area (Å²) in [5, 5.41) is 0. The van der Waals surface area contributed by atoms with Crippen molar-refractivity contribution in [3.05, 3.63) is 24.5 Å². The van der Waals surface area contributed by atoms with Gasteiger partial charge in [0.2, 0.25) is 5.91 Å². The van der Waals surface area contributed by atoms with Crippen LogP contribution >= 0.6 is 0 Å². The largest absolute Gasteiger partial charge is 0.492 e. The summed E-state index contributed by atoms with van der Waals surface area (Å²) in [4.78, 5) is 17.9. The van der Waals surface area contributed by atoms with Gasteiger partial charge in [-0.15, -0.1) is 0 Å². The van der Waals surface area contributed by atoms with E-state index in [1.165, 1.54) is 0 Å². The van der Waals surface area contributed by atoms with E-state index in [1.807, 2.05) is 30.9 Å². The van der Waals surface area contributed by atoms with Crippen molar-refractivity contribution in [3.8, 4) is 5.75 Å². The van der Waals surface area contributed by atoms with Gasteiger partial charge in [-0.1, -0.05) is 13.8 Å². The van der Waals surface area contributed by atoms with Crippen LogP contribution in [-0.4, -0.2) is 47.7 Å². The van der Waals surface area contributed by atoms with Crippen LogP contribution in [0.5, 0.6) is 5.75 Å². The van der Waals surface area contributed by atoms with Gasteiger partial charge in [0.05, 0.1) is 25.9 Å². The van der Waals surface area contributed by atoms with Crippen molar-refractivity contribution in [2.45, 2.75) is 25.9 Å². The molecule has 2 aliphatic heterocycles. The molecule has 0 aromatic carbocycles. The zero-order valence-electron chi connectivity index (χ0n) is 12.6. The maximum absolute atomic E-state index is 12.0. The molecule has 0 saturated carbocycles. The Morgan fingerprint density at radius 3 is 3.05 bits per heavy atom. The Hall–Kier alpha value is -1.62.